The Morgan fingerprint density at radius 3 is 2.15 bits per heavy atom. The monoisotopic (exact) mass is 382 g/mol. The van der Waals surface area contributed by atoms with Gasteiger partial charge >= 0.3 is 6.18 Å². The molecular formula is C18H14ClF3N2O2. The number of carbonyl (C=O) groups excluding carboxylic acids is 2. The molecule has 8 heteroatoms. The van der Waals surface area contributed by atoms with Gasteiger partial charge in [-0.05, 0) is 42.5 Å². The Morgan fingerprint density at radius 1 is 1.04 bits per heavy atom. The highest BCUT2D eigenvalue weighted by atomic mass is 35.5. The van der Waals surface area contributed by atoms with E-state index >= 15 is 0 Å². The lowest BCUT2D eigenvalue weighted by atomic mass is 10.1. The third kappa shape index (κ3) is 4.86. The summed E-state index contributed by atoms with van der Waals surface area (Å²) in [5.41, 5.74) is -1.03. The molecule has 2 aromatic rings. The molecule has 0 aromatic heterocycles. The molecule has 2 rings (SSSR count). The fraction of sp³-hybridized carbons (Fsp3) is 0.111. The SMILES string of the molecule is C=CCNC(=O)c1ccc(C(=O)Nc2ccc(Cl)cc2C(F)(F)F)cc1. The number of amides is 2. The second-order valence-corrected chi connectivity index (χ2v) is 5.65. The zero-order valence-electron chi connectivity index (χ0n) is 13.4. The van der Waals surface area contributed by atoms with Gasteiger partial charge in [-0.1, -0.05) is 17.7 Å². The molecule has 0 saturated heterocycles. The molecule has 0 heterocycles. The Morgan fingerprint density at radius 2 is 1.62 bits per heavy atom. The summed E-state index contributed by atoms with van der Waals surface area (Å²) >= 11 is 5.60. The summed E-state index contributed by atoms with van der Waals surface area (Å²) in [6.07, 6.45) is -3.15. The van der Waals surface area contributed by atoms with Gasteiger partial charge in [0.25, 0.3) is 11.8 Å². The number of benzene rings is 2. The summed E-state index contributed by atoms with van der Waals surface area (Å²) in [7, 11) is 0. The summed E-state index contributed by atoms with van der Waals surface area (Å²) in [6, 6.07) is 8.58. The molecule has 0 fully saturated rings. The van der Waals surface area contributed by atoms with Crippen LogP contribution in [-0.2, 0) is 6.18 Å². The second-order valence-electron chi connectivity index (χ2n) is 5.22. The molecule has 0 bridgehead atoms. The summed E-state index contributed by atoms with van der Waals surface area (Å²) in [6.45, 7) is 3.77. The minimum atomic E-state index is -4.67. The van der Waals surface area contributed by atoms with Gasteiger partial charge in [-0.25, -0.2) is 0 Å². The molecule has 0 aliphatic carbocycles. The lowest BCUT2D eigenvalue weighted by molar-refractivity contribution is -0.136. The average molecular weight is 383 g/mol. The van der Waals surface area contributed by atoms with Crippen LogP contribution >= 0.6 is 11.6 Å². The molecule has 0 atom stereocenters. The quantitative estimate of drug-likeness (QED) is 0.746. The predicted molar refractivity (Wildman–Crippen MR) is 93.4 cm³/mol. The van der Waals surface area contributed by atoms with E-state index in [0.29, 0.717) is 5.56 Å². The van der Waals surface area contributed by atoms with Crippen molar-refractivity contribution in [2.24, 2.45) is 0 Å². The van der Waals surface area contributed by atoms with Gasteiger partial charge in [0, 0.05) is 22.7 Å². The van der Waals surface area contributed by atoms with Gasteiger partial charge in [-0.2, -0.15) is 13.2 Å². The Balaban J connectivity index is 2.18. The van der Waals surface area contributed by atoms with E-state index in [2.05, 4.69) is 17.2 Å². The first-order valence-corrected chi connectivity index (χ1v) is 7.77. The minimum absolute atomic E-state index is 0.0924. The Hall–Kier alpha value is -2.80. The van der Waals surface area contributed by atoms with Crippen LogP contribution in [0, 0.1) is 0 Å². The van der Waals surface area contributed by atoms with Crippen molar-refractivity contribution >= 4 is 29.1 Å². The highest BCUT2D eigenvalue weighted by Crippen LogP contribution is 2.36. The van der Waals surface area contributed by atoms with Gasteiger partial charge in [0.1, 0.15) is 0 Å². The van der Waals surface area contributed by atoms with E-state index in [9.17, 15) is 22.8 Å². The summed E-state index contributed by atoms with van der Waals surface area (Å²) in [5.74, 6) is -1.09. The third-order valence-electron chi connectivity index (χ3n) is 3.35. The summed E-state index contributed by atoms with van der Waals surface area (Å²) in [4.78, 5) is 24.0. The lowest BCUT2D eigenvalue weighted by Gasteiger charge is -2.14. The number of carbonyl (C=O) groups is 2. The molecule has 0 radical (unpaired) electrons. The topological polar surface area (TPSA) is 58.2 Å². The van der Waals surface area contributed by atoms with E-state index in [0.717, 1.165) is 12.1 Å². The molecule has 0 saturated carbocycles. The zero-order valence-corrected chi connectivity index (χ0v) is 14.1. The van der Waals surface area contributed by atoms with E-state index in [1.165, 1.54) is 36.4 Å². The number of alkyl halides is 3. The predicted octanol–water partition coefficient (Wildman–Crippen LogP) is 4.53. The highest BCUT2D eigenvalue weighted by molar-refractivity contribution is 6.30. The van der Waals surface area contributed by atoms with Crippen LogP contribution in [0.1, 0.15) is 26.3 Å². The molecule has 0 aliphatic rings. The van der Waals surface area contributed by atoms with Crippen LogP contribution in [0.3, 0.4) is 0 Å². The van der Waals surface area contributed by atoms with Crippen LogP contribution in [-0.4, -0.2) is 18.4 Å². The van der Waals surface area contributed by atoms with Crippen molar-refractivity contribution in [2.75, 3.05) is 11.9 Å². The number of hydrogen-bond donors (Lipinski definition) is 2. The van der Waals surface area contributed by atoms with Gasteiger partial charge in [0.2, 0.25) is 0 Å². The Bertz CT molecular complexity index is 833. The zero-order chi connectivity index (χ0) is 19.3. The molecule has 26 heavy (non-hydrogen) atoms. The average Bonchev–Trinajstić information content (AvgIpc) is 2.60. The van der Waals surface area contributed by atoms with Crippen molar-refractivity contribution in [3.8, 4) is 0 Å². The maximum Gasteiger partial charge on any atom is 0.418 e. The van der Waals surface area contributed by atoms with Gasteiger partial charge in [0.15, 0.2) is 0 Å². The smallest absolute Gasteiger partial charge is 0.349 e. The minimum Gasteiger partial charge on any atom is -0.349 e. The maximum absolute atomic E-state index is 13.1. The maximum atomic E-state index is 13.1. The van der Waals surface area contributed by atoms with Crippen molar-refractivity contribution < 1.29 is 22.8 Å². The van der Waals surface area contributed by atoms with Crippen LogP contribution < -0.4 is 10.6 Å². The molecule has 0 spiro atoms. The van der Waals surface area contributed by atoms with Crippen LogP contribution in [0.15, 0.2) is 55.1 Å². The molecule has 4 nitrogen and oxygen atoms in total. The van der Waals surface area contributed by atoms with Crippen molar-refractivity contribution in [1.29, 1.82) is 0 Å². The first-order chi connectivity index (χ1) is 12.2. The summed E-state index contributed by atoms with van der Waals surface area (Å²) < 4.78 is 39.2. The Labute approximate surface area is 152 Å². The first-order valence-electron chi connectivity index (χ1n) is 7.39. The molecule has 0 unspecified atom stereocenters. The number of nitrogens with one attached hydrogen (secondary N) is 2. The van der Waals surface area contributed by atoms with E-state index in [4.69, 9.17) is 11.6 Å². The summed E-state index contributed by atoms with van der Waals surface area (Å²) in [5, 5.41) is 4.69. The number of hydrogen-bond acceptors (Lipinski definition) is 2. The van der Waals surface area contributed by atoms with Crippen LogP contribution in [0.25, 0.3) is 0 Å². The van der Waals surface area contributed by atoms with Crippen molar-refractivity contribution in [2.45, 2.75) is 6.18 Å². The van der Waals surface area contributed by atoms with E-state index in [1.807, 2.05) is 0 Å². The van der Waals surface area contributed by atoms with Gasteiger partial charge in [-0.15, -0.1) is 6.58 Å². The first kappa shape index (κ1) is 19.5. The standard InChI is InChI=1S/C18H14ClF3N2O2/c1-2-9-23-16(25)11-3-5-12(6-4-11)17(26)24-15-8-7-13(19)10-14(15)18(20,21)22/h2-8,10H,1,9H2,(H,23,25)(H,24,26). The van der Waals surface area contributed by atoms with E-state index < -0.39 is 23.3 Å². The van der Waals surface area contributed by atoms with Crippen LogP contribution in [0.5, 0.6) is 0 Å². The second kappa shape index (κ2) is 8.05. The lowest BCUT2D eigenvalue weighted by Crippen LogP contribution is -2.23. The molecule has 2 aromatic carbocycles. The molecular weight excluding hydrogens is 369 g/mol. The molecule has 2 N–H and O–H groups in total. The molecule has 136 valence electrons. The normalized spacial score (nSPS) is 10.9. The largest absolute Gasteiger partial charge is 0.418 e. The molecule has 0 aliphatic heterocycles. The van der Waals surface area contributed by atoms with E-state index in [1.54, 1.807) is 0 Å². The van der Waals surface area contributed by atoms with Crippen molar-refractivity contribution in [3.05, 3.63) is 76.8 Å². The van der Waals surface area contributed by atoms with Crippen LogP contribution in [0.2, 0.25) is 5.02 Å². The van der Waals surface area contributed by atoms with Crippen molar-refractivity contribution in [1.82, 2.24) is 5.32 Å². The van der Waals surface area contributed by atoms with E-state index in [-0.39, 0.29) is 23.0 Å². The fourth-order valence-electron chi connectivity index (χ4n) is 2.09. The number of rotatable bonds is 5. The third-order valence-corrected chi connectivity index (χ3v) is 3.59. The van der Waals surface area contributed by atoms with Crippen LogP contribution in [0.4, 0.5) is 18.9 Å². The molecule has 2 amide bonds. The Kier molecular flexibility index (Phi) is 6.05. The number of anilines is 1. The highest BCUT2D eigenvalue weighted by Gasteiger charge is 2.34. The van der Waals surface area contributed by atoms with Gasteiger partial charge in [0.05, 0.1) is 11.3 Å². The van der Waals surface area contributed by atoms with Gasteiger partial charge in [-0.3, -0.25) is 9.59 Å². The fourth-order valence-corrected chi connectivity index (χ4v) is 2.27. The number of halogens is 4. The van der Waals surface area contributed by atoms with Gasteiger partial charge < -0.3 is 10.6 Å². The van der Waals surface area contributed by atoms with Crippen molar-refractivity contribution in [3.63, 3.8) is 0 Å².